The van der Waals surface area contributed by atoms with Crippen LogP contribution in [0.15, 0.2) is 31.1 Å². The van der Waals surface area contributed by atoms with E-state index in [4.69, 9.17) is 5.11 Å². The van der Waals surface area contributed by atoms with Gasteiger partial charge in [0.1, 0.15) is 0 Å². The largest absolute Gasteiger partial charge is 0.478 e. The summed E-state index contributed by atoms with van der Waals surface area (Å²) in [6.45, 7) is 5.58. The molecular formula is C11H10N2O2. The molecule has 0 radical (unpaired) electrons. The number of aromatic nitrogens is 2. The highest BCUT2D eigenvalue weighted by Gasteiger charge is 2.14. The highest BCUT2D eigenvalue weighted by Crippen LogP contribution is 2.22. The summed E-state index contributed by atoms with van der Waals surface area (Å²) in [5.41, 5.74) is 2.32. The molecule has 0 aliphatic heterocycles. The van der Waals surface area contributed by atoms with Crippen LogP contribution in [0.5, 0.6) is 0 Å². The highest BCUT2D eigenvalue weighted by molar-refractivity contribution is 5.97. The lowest BCUT2D eigenvalue weighted by molar-refractivity contribution is 0.0696. The van der Waals surface area contributed by atoms with Gasteiger partial charge in [-0.25, -0.2) is 9.31 Å². The van der Waals surface area contributed by atoms with Gasteiger partial charge in [0.15, 0.2) is 0 Å². The molecule has 0 amide bonds. The summed E-state index contributed by atoms with van der Waals surface area (Å²) in [6.07, 6.45) is 3.12. The van der Waals surface area contributed by atoms with Crippen LogP contribution < -0.4 is 0 Å². The van der Waals surface area contributed by atoms with E-state index in [1.165, 1.54) is 6.20 Å². The van der Waals surface area contributed by atoms with E-state index in [1.807, 2.05) is 12.1 Å². The quantitative estimate of drug-likeness (QED) is 0.811. The molecular weight excluding hydrogens is 192 g/mol. The molecule has 2 aromatic heterocycles. The molecule has 0 aliphatic rings. The second kappa shape index (κ2) is 3.24. The molecule has 2 heterocycles. The summed E-state index contributed by atoms with van der Waals surface area (Å²) in [5.74, 6) is -0.982. The lowest BCUT2D eigenvalue weighted by Crippen LogP contribution is -2.05. The number of carboxylic acid groups (broad SMARTS) is 1. The number of fused-ring (bicyclic) bond motifs is 1. The standard InChI is InChI=1S/C11H10N2O2/c1-7(2)10-8(11(14)15)6-12-13-5-3-4-9(10)13/h3-6H,1H2,2H3,(H,14,15). The van der Waals surface area contributed by atoms with Crippen molar-refractivity contribution in [1.82, 2.24) is 9.61 Å². The molecule has 15 heavy (non-hydrogen) atoms. The zero-order chi connectivity index (χ0) is 11.0. The molecule has 0 aromatic carbocycles. The Morgan fingerprint density at radius 1 is 1.60 bits per heavy atom. The molecule has 0 spiro atoms. The molecule has 0 saturated carbocycles. The van der Waals surface area contributed by atoms with Gasteiger partial charge in [-0.3, -0.25) is 0 Å². The third-order valence-corrected chi connectivity index (χ3v) is 2.22. The van der Waals surface area contributed by atoms with Gasteiger partial charge >= 0.3 is 5.97 Å². The van der Waals surface area contributed by atoms with E-state index in [9.17, 15) is 4.79 Å². The number of nitrogens with zero attached hydrogens (tertiary/aromatic N) is 2. The van der Waals surface area contributed by atoms with Gasteiger partial charge in [-0.2, -0.15) is 5.10 Å². The first kappa shape index (κ1) is 9.45. The monoisotopic (exact) mass is 202 g/mol. The van der Waals surface area contributed by atoms with Crippen molar-refractivity contribution in [2.75, 3.05) is 0 Å². The molecule has 0 saturated heterocycles. The first-order chi connectivity index (χ1) is 7.11. The Labute approximate surface area is 86.5 Å². The van der Waals surface area contributed by atoms with Crippen molar-refractivity contribution >= 4 is 17.1 Å². The molecule has 0 unspecified atom stereocenters. The van der Waals surface area contributed by atoms with Gasteiger partial charge in [-0.1, -0.05) is 6.58 Å². The van der Waals surface area contributed by atoms with Crippen molar-refractivity contribution in [2.45, 2.75) is 6.92 Å². The Balaban J connectivity index is 2.87. The summed E-state index contributed by atoms with van der Waals surface area (Å²) in [7, 11) is 0. The van der Waals surface area contributed by atoms with Gasteiger partial charge in [0.25, 0.3) is 0 Å². The maximum absolute atomic E-state index is 11.0. The van der Waals surface area contributed by atoms with Gasteiger partial charge < -0.3 is 5.11 Å². The lowest BCUT2D eigenvalue weighted by atomic mass is 10.0. The van der Waals surface area contributed by atoms with E-state index < -0.39 is 5.97 Å². The maximum atomic E-state index is 11.0. The molecule has 4 heteroatoms. The zero-order valence-electron chi connectivity index (χ0n) is 8.27. The Bertz CT molecular complexity index is 555. The molecule has 76 valence electrons. The summed E-state index contributed by atoms with van der Waals surface area (Å²) in [5, 5.41) is 13.0. The van der Waals surface area contributed by atoms with Gasteiger partial charge in [0.05, 0.1) is 17.3 Å². The second-order valence-corrected chi connectivity index (χ2v) is 3.36. The fourth-order valence-electron chi connectivity index (χ4n) is 1.60. The molecule has 1 N–H and O–H groups in total. The number of hydrogen-bond donors (Lipinski definition) is 1. The fourth-order valence-corrected chi connectivity index (χ4v) is 1.60. The van der Waals surface area contributed by atoms with E-state index in [2.05, 4.69) is 11.7 Å². The van der Waals surface area contributed by atoms with Crippen LogP contribution in [-0.4, -0.2) is 20.7 Å². The van der Waals surface area contributed by atoms with E-state index in [1.54, 1.807) is 17.6 Å². The number of hydrogen-bond acceptors (Lipinski definition) is 2. The van der Waals surface area contributed by atoms with Crippen LogP contribution in [0.4, 0.5) is 0 Å². The SMILES string of the molecule is C=C(C)c1c(C(=O)O)cnn2cccc12. The molecule has 0 atom stereocenters. The van der Waals surface area contributed by atoms with Crippen LogP contribution in [0.3, 0.4) is 0 Å². The van der Waals surface area contributed by atoms with Gasteiger partial charge in [-0.05, 0) is 24.6 Å². The normalized spacial score (nSPS) is 10.5. The minimum Gasteiger partial charge on any atom is -0.478 e. The van der Waals surface area contributed by atoms with E-state index >= 15 is 0 Å². The van der Waals surface area contributed by atoms with Crippen LogP contribution in [0, 0.1) is 0 Å². The van der Waals surface area contributed by atoms with Crippen molar-refractivity contribution in [3.05, 3.63) is 42.2 Å². The van der Waals surface area contributed by atoms with Gasteiger partial charge in [0, 0.05) is 11.8 Å². The predicted octanol–water partition coefficient (Wildman–Crippen LogP) is 2.07. The Morgan fingerprint density at radius 3 is 2.93 bits per heavy atom. The van der Waals surface area contributed by atoms with Crippen molar-refractivity contribution < 1.29 is 9.90 Å². The summed E-state index contributed by atoms with van der Waals surface area (Å²) < 4.78 is 1.64. The number of rotatable bonds is 2. The number of carbonyl (C=O) groups is 1. The Hall–Kier alpha value is -2.10. The molecule has 2 aromatic rings. The lowest BCUT2D eigenvalue weighted by Gasteiger charge is -2.07. The van der Waals surface area contributed by atoms with Crippen molar-refractivity contribution in [3.8, 4) is 0 Å². The molecule has 0 aliphatic carbocycles. The number of aromatic carboxylic acids is 1. The number of allylic oxidation sites excluding steroid dienone is 1. The minimum absolute atomic E-state index is 0.189. The third kappa shape index (κ3) is 1.40. The molecule has 0 fully saturated rings. The zero-order valence-corrected chi connectivity index (χ0v) is 8.27. The summed E-state index contributed by atoms with van der Waals surface area (Å²) >= 11 is 0. The molecule has 0 bridgehead atoms. The second-order valence-electron chi connectivity index (χ2n) is 3.36. The van der Waals surface area contributed by atoms with Crippen LogP contribution in [0.2, 0.25) is 0 Å². The van der Waals surface area contributed by atoms with Crippen molar-refractivity contribution in [3.63, 3.8) is 0 Å². The average molecular weight is 202 g/mol. The molecule has 4 nitrogen and oxygen atoms in total. The Kier molecular flexibility index (Phi) is 2.04. The topological polar surface area (TPSA) is 54.6 Å². The van der Waals surface area contributed by atoms with E-state index in [0.29, 0.717) is 5.56 Å². The van der Waals surface area contributed by atoms with Crippen molar-refractivity contribution in [2.24, 2.45) is 0 Å². The van der Waals surface area contributed by atoms with Gasteiger partial charge in [-0.15, -0.1) is 0 Å². The third-order valence-electron chi connectivity index (χ3n) is 2.22. The van der Waals surface area contributed by atoms with Crippen LogP contribution in [-0.2, 0) is 0 Å². The van der Waals surface area contributed by atoms with Crippen LogP contribution >= 0.6 is 0 Å². The van der Waals surface area contributed by atoms with Gasteiger partial charge in [0.2, 0.25) is 0 Å². The summed E-state index contributed by atoms with van der Waals surface area (Å²) in [6, 6.07) is 3.64. The first-order valence-corrected chi connectivity index (χ1v) is 4.47. The van der Waals surface area contributed by atoms with E-state index in [0.717, 1.165) is 11.1 Å². The molecule has 2 rings (SSSR count). The van der Waals surface area contributed by atoms with E-state index in [-0.39, 0.29) is 5.56 Å². The van der Waals surface area contributed by atoms with Crippen molar-refractivity contribution in [1.29, 1.82) is 0 Å². The fraction of sp³-hybridized carbons (Fsp3) is 0.0909. The minimum atomic E-state index is -0.982. The number of carboxylic acids is 1. The highest BCUT2D eigenvalue weighted by atomic mass is 16.4. The van der Waals surface area contributed by atoms with Crippen LogP contribution in [0.1, 0.15) is 22.8 Å². The summed E-state index contributed by atoms with van der Waals surface area (Å²) in [4.78, 5) is 11.0. The van der Waals surface area contributed by atoms with Crippen LogP contribution in [0.25, 0.3) is 11.1 Å². The first-order valence-electron chi connectivity index (χ1n) is 4.47. The average Bonchev–Trinajstić information content (AvgIpc) is 2.62. The Morgan fingerprint density at radius 2 is 2.33 bits per heavy atom. The smallest absolute Gasteiger partial charge is 0.338 e. The predicted molar refractivity (Wildman–Crippen MR) is 56.9 cm³/mol. The maximum Gasteiger partial charge on any atom is 0.338 e.